The van der Waals surface area contributed by atoms with Crippen LogP contribution < -0.4 is 5.32 Å². The number of carbonyl (C=O) groups excluding carboxylic acids is 1. The number of hydrogen-bond donors (Lipinski definition) is 1. The molecule has 1 aromatic rings. The molecule has 0 fully saturated rings. The average molecular weight is 248 g/mol. The molecule has 82 valence electrons. The van der Waals surface area contributed by atoms with Crippen LogP contribution in [0.25, 0.3) is 0 Å². The fraction of sp³-hybridized carbons (Fsp3) is 0.444. The number of halogens is 2. The van der Waals surface area contributed by atoms with Crippen molar-refractivity contribution < 1.29 is 4.79 Å². The van der Waals surface area contributed by atoms with Gasteiger partial charge in [0.25, 0.3) is 0 Å². The first-order valence-corrected chi connectivity index (χ1v) is 5.06. The molecule has 0 aliphatic rings. The van der Waals surface area contributed by atoms with Crippen molar-refractivity contribution in [2.45, 2.75) is 20.8 Å². The van der Waals surface area contributed by atoms with Crippen LogP contribution in [-0.4, -0.2) is 15.9 Å². The van der Waals surface area contributed by atoms with Gasteiger partial charge >= 0.3 is 0 Å². The zero-order valence-corrected chi connectivity index (χ0v) is 10.1. The SMILES string of the molecule is CC(C)(C)C(=O)Nc1cc(Cl)nc(Cl)n1. The second-order valence-electron chi connectivity index (χ2n) is 4.05. The van der Waals surface area contributed by atoms with E-state index in [1.54, 1.807) is 20.8 Å². The summed E-state index contributed by atoms with van der Waals surface area (Å²) in [4.78, 5) is 19.1. The Bertz CT molecular complexity index is 367. The molecule has 0 atom stereocenters. The van der Waals surface area contributed by atoms with Crippen LogP contribution in [0.15, 0.2) is 6.07 Å². The Labute approximate surface area is 98.0 Å². The van der Waals surface area contributed by atoms with Crippen LogP contribution in [0, 0.1) is 5.41 Å². The van der Waals surface area contributed by atoms with Gasteiger partial charge in [0.15, 0.2) is 0 Å². The molecule has 1 N–H and O–H groups in total. The smallest absolute Gasteiger partial charge is 0.230 e. The lowest BCUT2D eigenvalue weighted by Gasteiger charge is -2.17. The Morgan fingerprint density at radius 3 is 2.40 bits per heavy atom. The Morgan fingerprint density at radius 2 is 1.93 bits per heavy atom. The lowest BCUT2D eigenvalue weighted by atomic mass is 9.96. The number of hydrogen-bond acceptors (Lipinski definition) is 3. The fourth-order valence-electron chi connectivity index (χ4n) is 0.758. The molecule has 1 heterocycles. The number of aromatic nitrogens is 2. The van der Waals surface area contributed by atoms with Crippen LogP contribution in [0.1, 0.15) is 20.8 Å². The van der Waals surface area contributed by atoms with Gasteiger partial charge in [0.05, 0.1) is 0 Å². The van der Waals surface area contributed by atoms with Gasteiger partial charge in [0.2, 0.25) is 11.2 Å². The van der Waals surface area contributed by atoms with E-state index in [2.05, 4.69) is 15.3 Å². The van der Waals surface area contributed by atoms with Gasteiger partial charge in [-0.2, -0.15) is 0 Å². The highest BCUT2D eigenvalue weighted by molar-refractivity contribution is 6.32. The van der Waals surface area contributed by atoms with Crippen molar-refractivity contribution in [3.8, 4) is 0 Å². The Kier molecular flexibility index (Phi) is 3.52. The van der Waals surface area contributed by atoms with Crippen LogP contribution in [0.3, 0.4) is 0 Å². The highest BCUT2D eigenvalue weighted by atomic mass is 35.5. The molecule has 15 heavy (non-hydrogen) atoms. The van der Waals surface area contributed by atoms with Crippen molar-refractivity contribution in [1.29, 1.82) is 0 Å². The van der Waals surface area contributed by atoms with Gasteiger partial charge < -0.3 is 5.32 Å². The van der Waals surface area contributed by atoms with E-state index in [0.29, 0.717) is 5.82 Å². The molecular weight excluding hydrogens is 237 g/mol. The van der Waals surface area contributed by atoms with Crippen LogP contribution in [0.4, 0.5) is 5.82 Å². The number of nitrogens with one attached hydrogen (secondary N) is 1. The fourth-order valence-corrected chi connectivity index (χ4v) is 1.17. The van der Waals surface area contributed by atoms with Gasteiger partial charge in [-0.3, -0.25) is 4.79 Å². The van der Waals surface area contributed by atoms with E-state index >= 15 is 0 Å². The third-order valence-corrected chi connectivity index (χ3v) is 1.95. The molecule has 0 radical (unpaired) electrons. The first kappa shape index (κ1) is 12.2. The maximum atomic E-state index is 11.6. The topological polar surface area (TPSA) is 54.9 Å². The molecule has 0 bridgehead atoms. The van der Waals surface area contributed by atoms with Crippen molar-refractivity contribution in [1.82, 2.24) is 9.97 Å². The number of rotatable bonds is 1. The number of carbonyl (C=O) groups is 1. The molecule has 1 rings (SSSR count). The lowest BCUT2D eigenvalue weighted by molar-refractivity contribution is -0.123. The van der Waals surface area contributed by atoms with E-state index in [9.17, 15) is 4.79 Å². The lowest BCUT2D eigenvalue weighted by Crippen LogP contribution is -2.28. The van der Waals surface area contributed by atoms with E-state index in [-0.39, 0.29) is 16.3 Å². The molecule has 0 aromatic carbocycles. The predicted molar refractivity (Wildman–Crippen MR) is 60.1 cm³/mol. The van der Waals surface area contributed by atoms with Gasteiger partial charge in [0, 0.05) is 11.5 Å². The first-order valence-electron chi connectivity index (χ1n) is 4.30. The van der Waals surface area contributed by atoms with E-state index < -0.39 is 5.41 Å². The number of nitrogens with zero attached hydrogens (tertiary/aromatic N) is 2. The minimum atomic E-state index is -0.496. The molecule has 0 saturated carbocycles. The van der Waals surface area contributed by atoms with Crippen LogP contribution in [0.5, 0.6) is 0 Å². The summed E-state index contributed by atoms with van der Waals surface area (Å²) >= 11 is 11.3. The summed E-state index contributed by atoms with van der Waals surface area (Å²) in [5.74, 6) is 0.147. The van der Waals surface area contributed by atoms with E-state index in [1.165, 1.54) is 6.07 Å². The minimum Gasteiger partial charge on any atom is -0.310 e. The molecular formula is C9H11Cl2N3O. The predicted octanol–water partition coefficient (Wildman–Crippen LogP) is 2.77. The second-order valence-corrected chi connectivity index (χ2v) is 4.77. The number of amides is 1. The van der Waals surface area contributed by atoms with Gasteiger partial charge in [-0.25, -0.2) is 9.97 Å². The van der Waals surface area contributed by atoms with Gasteiger partial charge in [0.1, 0.15) is 11.0 Å². The summed E-state index contributed by atoms with van der Waals surface area (Å²) in [6.07, 6.45) is 0. The Balaban J connectivity index is 2.86. The summed E-state index contributed by atoms with van der Waals surface area (Å²) in [7, 11) is 0. The molecule has 0 aliphatic carbocycles. The van der Waals surface area contributed by atoms with Gasteiger partial charge in [-0.1, -0.05) is 32.4 Å². The zero-order valence-electron chi connectivity index (χ0n) is 8.64. The van der Waals surface area contributed by atoms with Gasteiger partial charge in [-0.05, 0) is 11.6 Å². The standard InChI is InChI=1S/C9H11Cl2N3O/c1-9(2,3)7(15)13-6-4-5(10)12-8(11)14-6/h4H,1-3H3,(H,12,13,14,15). The highest BCUT2D eigenvalue weighted by Crippen LogP contribution is 2.19. The summed E-state index contributed by atoms with van der Waals surface area (Å²) < 4.78 is 0. The summed E-state index contributed by atoms with van der Waals surface area (Å²) in [6.45, 7) is 5.40. The maximum absolute atomic E-state index is 11.6. The Hall–Kier alpha value is -0.870. The van der Waals surface area contributed by atoms with Gasteiger partial charge in [-0.15, -0.1) is 0 Å². The maximum Gasteiger partial charge on any atom is 0.230 e. The third kappa shape index (κ3) is 3.64. The zero-order chi connectivity index (χ0) is 11.6. The molecule has 1 aromatic heterocycles. The largest absolute Gasteiger partial charge is 0.310 e. The normalized spacial score (nSPS) is 11.3. The summed E-state index contributed by atoms with van der Waals surface area (Å²) in [5.41, 5.74) is -0.496. The Morgan fingerprint density at radius 1 is 1.33 bits per heavy atom. The van der Waals surface area contributed by atoms with Crippen LogP contribution >= 0.6 is 23.2 Å². The van der Waals surface area contributed by atoms with Crippen molar-refractivity contribution in [3.05, 3.63) is 16.5 Å². The monoisotopic (exact) mass is 247 g/mol. The first-order chi connectivity index (χ1) is 6.79. The van der Waals surface area contributed by atoms with Crippen molar-refractivity contribution in [2.75, 3.05) is 5.32 Å². The van der Waals surface area contributed by atoms with Crippen molar-refractivity contribution >= 4 is 34.9 Å². The molecule has 1 amide bonds. The molecule has 4 nitrogen and oxygen atoms in total. The molecule has 6 heteroatoms. The van der Waals surface area contributed by atoms with E-state index in [4.69, 9.17) is 23.2 Å². The molecule has 0 spiro atoms. The van der Waals surface area contributed by atoms with Crippen LogP contribution in [-0.2, 0) is 4.79 Å². The van der Waals surface area contributed by atoms with Crippen molar-refractivity contribution in [2.24, 2.45) is 5.41 Å². The summed E-state index contributed by atoms with van der Waals surface area (Å²) in [6, 6.07) is 1.44. The quantitative estimate of drug-likeness (QED) is 0.614. The highest BCUT2D eigenvalue weighted by Gasteiger charge is 2.21. The molecule has 0 aliphatic heterocycles. The van der Waals surface area contributed by atoms with E-state index in [1.807, 2.05) is 0 Å². The second kappa shape index (κ2) is 4.33. The molecule has 0 unspecified atom stereocenters. The third-order valence-electron chi connectivity index (χ3n) is 1.59. The van der Waals surface area contributed by atoms with Crippen molar-refractivity contribution in [3.63, 3.8) is 0 Å². The van der Waals surface area contributed by atoms with E-state index in [0.717, 1.165) is 0 Å². The van der Waals surface area contributed by atoms with Crippen LogP contribution in [0.2, 0.25) is 10.4 Å². The summed E-state index contributed by atoms with van der Waals surface area (Å²) in [5, 5.41) is 2.80. The minimum absolute atomic E-state index is 0.00621. The average Bonchev–Trinajstić information content (AvgIpc) is 1.99. The number of anilines is 1. The molecule has 0 saturated heterocycles.